The Hall–Kier alpha value is -3.74. The summed E-state index contributed by atoms with van der Waals surface area (Å²) in [5.41, 5.74) is -2.50. The third-order valence-electron chi connectivity index (χ3n) is 4.22. The molecule has 31 heavy (non-hydrogen) atoms. The minimum absolute atomic E-state index is 0.0320. The van der Waals surface area contributed by atoms with Gasteiger partial charge >= 0.3 is 12.1 Å². The fourth-order valence-electron chi connectivity index (χ4n) is 2.80. The number of hydrogen-bond donors (Lipinski definition) is 2. The molecule has 160 valence electrons. The summed E-state index contributed by atoms with van der Waals surface area (Å²) < 4.78 is 55.3. The highest BCUT2D eigenvalue weighted by Gasteiger charge is 2.32. The number of alkyl halides is 3. The van der Waals surface area contributed by atoms with E-state index < -0.39 is 40.7 Å². The van der Waals surface area contributed by atoms with Crippen LogP contribution in [0.5, 0.6) is 0 Å². The van der Waals surface area contributed by atoms with E-state index in [0.29, 0.717) is 12.1 Å². The van der Waals surface area contributed by atoms with Gasteiger partial charge in [0.15, 0.2) is 5.52 Å². The quantitative estimate of drug-likeness (QED) is 0.456. The van der Waals surface area contributed by atoms with Crippen LogP contribution in [0.25, 0.3) is 17.0 Å². The van der Waals surface area contributed by atoms with E-state index in [1.54, 1.807) is 0 Å². The van der Waals surface area contributed by atoms with Crippen LogP contribution in [0, 0.1) is 5.82 Å². The minimum Gasteiger partial charge on any atom is -0.478 e. The lowest BCUT2D eigenvalue weighted by atomic mass is 10.1. The number of fused-ring (bicyclic) bond motifs is 1. The first-order valence-corrected chi connectivity index (χ1v) is 8.71. The van der Waals surface area contributed by atoms with Gasteiger partial charge in [0, 0.05) is 11.8 Å². The Kier molecular flexibility index (Phi) is 4.76. The van der Waals surface area contributed by atoms with Crippen LogP contribution >= 0.6 is 11.6 Å². The minimum atomic E-state index is -4.73. The van der Waals surface area contributed by atoms with Crippen LogP contribution in [0.2, 0.25) is 5.02 Å². The van der Waals surface area contributed by atoms with Crippen LogP contribution < -0.4 is 5.56 Å². The number of nitrogens with one attached hydrogen (secondary N) is 1. The number of carboxylic acid groups (broad SMARTS) is 1. The summed E-state index contributed by atoms with van der Waals surface area (Å²) in [6.07, 6.45) is -1.33. The van der Waals surface area contributed by atoms with Gasteiger partial charge in [0.2, 0.25) is 5.95 Å². The van der Waals surface area contributed by atoms with Crippen molar-refractivity contribution in [1.82, 2.24) is 29.5 Å². The highest BCUT2D eigenvalue weighted by Crippen LogP contribution is 2.33. The second kappa shape index (κ2) is 7.19. The summed E-state index contributed by atoms with van der Waals surface area (Å²) in [6, 6.07) is 1.09. The van der Waals surface area contributed by atoms with Crippen LogP contribution in [0.15, 0.2) is 35.5 Å². The fourth-order valence-corrected chi connectivity index (χ4v) is 3.03. The van der Waals surface area contributed by atoms with Crippen molar-refractivity contribution >= 4 is 28.6 Å². The first-order chi connectivity index (χ1) is 14.5. The number of benzene rings is 1. The molecule has 9 nitrogen and oxygen atoms in total. The lowest BCUT2D eigenvalue weighted by Gasteiger charge is -2.11. The largest absolute Gasteiger partial charge is 0.478 e. The molecule has 3 aromatic heterocycles. The molecule has 0 amide bonds. The first kappa shape index (κ1) is 20.5. The first-order valence-electron chi connectivity index (χ1n) is 8.34. The Morgan fingerprint density at radius 2 is 2.00 bits per heavy atom. The second-order valence-electron chi connectivity index (χ2n) is 6.36. The zero-order valence-corrected chi connectivity index (χ0v) is 15.7. The van der Waals surface area contributed by atoms with Crippen LogP contribution in [-0.4, -0.2) is 40.6 Å². The Labute approximate surface area is 173 Å². The van der Waals surface area contributed by atoms with Gasteiger partial charge in [-0.2, -0.15) is 23.4 Å². The zero-order chi connectivity index (χ0) is 22.5. The smallest absolute Gasteiger partial charge is 0.416 e. The van der Waals surface area contributed by atoms with Gasteiger partial charge in [-0.05, 0) is 12.1 Å². The van der Waals surface area contributed by atoms with Crippen molar-refractivity contribution in [3.8, 4) is 5.95 Å². The standard InChI is InChI=1S/C17H9ClF4N6O3/c18-10-2-9(17(20,21)22)1-7(12(10)19)4-27-6-11-13(26-27)14(29)25-16(24-11)28-5-8(3-23-28)15(30)31/h1-3,5-6H,4H2,(H,30,31)(H,24,25,29). The molecule has 0 atom stereocenters. The topological polar surface area (TPSA) is 119 Å². The Morgan fingerprint density at radius 1 is 1.26 bits per heavy atom. The van der Waals surface area contributed by atoms with Gasteiger partial charge in [-0.25, -0.2) is 18.9 Å². The molecule has 2 N–H and O–H groups in total. The number of aromatic carboxylic acids is 1. The number of aromatic amines is 1. The molecule has 0 bridgehead atoms. The van der Waals surface area contributed by atoms with Crippen molar-refractivity contribution in [2.75, 3.05) is 0 Å². The molecule has 0 fully saturated rings. The SMILES string of the molecule is O=C(O)c1cnn(-c2nc3cn(Cc4cc(C(F)(F)F)cc(Cl)c4F)nc3c(=O)[nH]2)c1. The van der Waals surface area contributed by atoms with Crippen molar-refractivity contribution in [2.24, 2.45) is 0 Å². The lowest BCUT2D eigenvalue weighted by Crippen LogP contribution is -2.14. The van der Waals surface area contributed by atoms with E-state index in [0.717, 1.165) is 21.8 Å². The number of nitrogens with zero attached hydrogens (tertiary/aromatic N) is 5. The van der Waals surface area contributed by atoms with Crippen molar-refractivity contribution in [3.63, 3.8) is 0 Å². The molecule has 0 aliphatic carbocycles. The Morgan fingerprint density at radius 3 is 2.65 bits per heavy atom. The maximum absolute atomic E-state index is 14.3. The third kappa shape index (κ3) is 3.86. The van der Waals surface area contributed by atoms with Gasteiger partial charge in [0.25, 0.3) is 5.56 Å². The molecule has 4 aromatic rings. The van der Waals surface area contributed by atoms with Crippen LogP contribution in [0.1, 0.15) is 21.5 Å². The van der Waals surface area contributed by atoms with E-state index in [-0.39, 0.29) is 28.1 Å². The average Bonchev–Trinajstić information content (AvgIpc) is 3.31. The predicted octanol–water partition coefficient (Wildman–Crippen LogP) is 2.86. The zero-order valence-electron chi connectivity index (χ0n) is 15.0. The van der Waals surface area contributed by atoms with E-state index in [4.69, 9.17) is 16.7 Å². The lowest BCUT2D eigenvalue weighted by molar-refractivity contribution is -0.137. The number of carbonyl (C=O) groups is 1. The van der Waals surface area contributed by atoms with Crippen molar-refractivity contribution in [3.05, 3.63) is 68.6 Å². The van der Waals surface area contributed by atoms with Gasteiger partial charge in [-0.1, -0.05) is 11.6 Å². The van der Waals surface area contributed by atoms with E-state index in [9.17, 15) is 27.2 Å². The molecule has 0 saturated carbocycles. The molecule has 1 aromatic carbocycles. The van der Waals surface area contributed by atoms with Gasteiger partial charge in [-0.3, -0.25) is 14.5 Å². The van der Waals surface area contributed by atoms with Gasteiger partial charge < -0.3 is 5.11 Å². The van der Waals surface area contributed by atoms with Crippen LogP contribution in [-0.2, 0) is 12.7 Å². The summed E-state index contributed by atoms with van der Waals surface area (Å²) in [6.45, 7) is -0.453. The molecule has 0 saturated heterocycles. The monoisotopic (exact) mass is 456 g/mol. The molecule has 4 rings (SSSR count). The van der Waals surface area contributed by atoms with Crippen LogP contribution in [0.4, 0.5) is 17.6 Å². The van der Waals surface area contributed by atoms with E-state index in [2.05, 4.69) is 20.2 Å². The third-order valence-corrected chi connectivity index (χ3v) is 4.49. The Balaban J connectivity index is 1.74. The number of carboxylic acids is 1. The molecule has 0 unspecified atom stereocenters. The maximum atomic E-state index is 14.3. The normalized spacial score (nSPS) is 11.9. The highest BCUT2D eigenvalue weighted by atomic mass is 35.5. The molecule has 0 aliphatic rings. The van der Waals surface area contributed by atoms with Crippen molar-refractivity contribution in [1.29, 1.82) is 0 Å². The molecule has 0 aliphatic heterocycles. The fraction of sp³-hybridized carbons (Fsp3) is 0.118. The molecule has 3 heterocycles. The molecule has 0 spiro atoms. The summed E-state index contributed by atoms with van der Waals surface area (Å²) in [5.74, 6) is -2.39. The highest BCUT2D eigenvalue weighted by molar-refractivity contribution is 6.30. The average molecular weight is 457 g/mol. The number of hydrogen-bond acceptors (Lipinski definition) is 5. The maximum Gasteiger partial charge on any atom is 0.416 e. The van der Waals surface area contributed by atoms with Gasteiger partial charge in [0.05, 0.1) is 35.1 Å². The molecular formula is C17H9ClF4N6O3. The molecule has 0 radical (unpaired) electrons. The number of halogens is 5. The Bertz CT molecular complexity index is 1390. The van der Waals surface area contributed by atoms with Crippen molar-refractivity contribution < 1.29 is 27.5 Å². The number of H-pyrrole nitrogens is 1. The van der Waals surface area contributed by atoms with Crippen LogP contribution in [0.3, 0.4) is 0 Å². The van der Waals surface area contributed by atoms with E-state index in [1.165, 1.54) is 6.20 Å². The van der Waals surface area contributed by atoms with Crippen molar-refractivity contribution in [2.45, 2.75) is 12.7 Å². The summed E-state index contributed by atoms with van der Waals surface area (Å²) >= 11 is 5.58. The summed E-state index contributed by atoms with van der Waals surface area (Å²) in [5, 5.41) is 16.0. The van der Waals surface area contributed by atoms with Gasteiger partial charge in [-0.15, -0.1) is 0 Å². The number of aromatic nitrogens is 6. The summed E-state index contributed by atoms with van der Waals surface area (Å²) in [4.78, 5) is 29.8. The van der Waals surface area contributed by atoms with E-state index >= 15 is 0 Å². The summed E-state index contributed by atoms with van der Waals surface area (Å²) in [7, 11) is 0. The van der Waals surface area contributed by atoms with E-state index in [1.807, 2.05) is 0 Å². The van der Waals surface area contributed by atoms with Gasteiger partial charge in [0.1, 0.15) is 11.3 Å². The second-order valence-corrected chi connectivity index (χ2v) is 6.76. The molecular weight excluding hydrogens is 448 g/mol. The molecule has 14 heteroatoms. The number of rotatable bonds is 4. The predicted molar refractivity (Wildman–Crippen MR) is 97.7 cm³/mol.